The van der Waals surface area contributed by atoms with E-state index in [2.05, 4.69) is 15.0 Å². The largest absolute Gasteiger partial charge is 0.467 e. The second-order valence-electron chi connectivity index (χ2n) is 5.05. The zero-order valence-electron chi connectivity index (χ0n) is 11.7. The van der Waals surface area contributed by atoms with Crippen molar-refractivity contribution in [2.75, 3.05) is 26.2 Å². The fourth-order valence-electron chi connectivity index (χ4n) is 2.85. The molecule has 0 bridgehead atoms. The smallest absolute Gasteiger partial charge is 0.320 e. The molecule has 2 aromatic heterocycles. The fourth-order valence-corrected chi connectivity index (χ4v) is 2.85. The van der Waals surface area contributed by atoms with Crippen LogP contribution in [0.5, 0.6) is 6.01 Å². The molecule has 0 aromatic carbocycles. The van der Waals surface area contributed by atoms with Crippen LogP contribution in [-0.4, -0.2) is 63.4 Å². The molecule has 0 unspecified atom stereocenters. The summed E-state index contributed by atoms with van der Waals surface area (Å²) in [7, 11) is 1.46. The quantitative estimate of drug-likeness (QED) is 0.737. The first kappa shape index (κ1) is 13.6. The second kappa shape index (κ2) is 5.02. The third-order valence-electron chi connectivity index (χ3n) is 3.87. The molecule has 10 nitrogen and oxygen atoms in total. The lowest BCUT2D eigenvalue weighted by Gasteiger charge is -2.17. The van der Waals surface area contributed by atoms with Crippen LogP contribution in [0.3, 0.4) is 0 Å². The van der Waals surface area contributed by atoms with Gasteiger partial charge < -0.3 is 29.8 Å². The number of rotatable bonds is 3. The Balaban J connectivity index is 1.79. The monoisotopic (exact) mass is 309 g/mol. The van der Waals surface area contributed by atoms with Gasteiger partial charge in [-0.3, -0.25) is 4.57 Å². The molecule has 2 aliphatic heterocycles. The van der Waals surface area contributed by atoms with Crippen LogP contribution in [0.2, 0.25) is 0 Å². The van der Waals surface area contributed by atoms with E-state index in [1.807, 2.05) is 0 Å². The molecule has 0 radical (unpaired) electrons. The number of imidazole rings is 1. The number of fused-ring (bicyclic) bond motifs is 2. The lowest BCUT2D eigenvalue weighted by molar-refractivity contribution is -0.108. The van der Waals surface area contributed by atoms with Crippen LogP contribution in [0.4, 0.5) is 5.82 Å². The van der Waals surface area contributed by atoms with E-state index in [0.717, 1.165) is 0 Å². The van der Waals surface area contributed by atoms with Crippen molar-refractivity contribution in [3.63, 3.8) is 0 Å². The van der Waals surface area contributed by atoms with Crippen molar-refractivity contribution in [1.82, 2.24) is 19.5 Å². The summed E-state index contributed by atoms with van der Waals surface area (Å²) in [5.41, 5.74) is 6.79. The van der Waals surface area contributed by atoms with Crippen molar-refractivity contribution in [1.29, 1.82) is 0 Å². The molecule has 0 saturated carbocycles. The highest BCUT2D eigenvalue weighted by atomic mass is 16.7. The zero-order chi connectivity index (χ0) is 15.3. The van der Waals surface area contributed by atoms with Crippen molar-refractivity contribution in [3.8, 4) is 6.01 Å². The van der Waals surface area contributed by atoms with Crippen LogP contribution < -0.4 is 10.5 Å². The van der Waals surface area contributed by atoms with Gasteiger partial charge in [0.2, 0.25) is 0 Å². The number of hydrogen-bond donors (Lipinski definition) is 2. The summed E-state index contributed by atoms with van der Waals surface area (Å²) in [6, 6.07) is 0.142. The third kappa shape index (κ3) is 1.85. The number of hydrogen-bond acceptors (Lipinski definition) is 9. The minimum Gasteiger partial charge on any atom is -0.467 e. The van der Waals surface area contributed by atoms with Gasteiger partial charge in [0.05, 0.1) is 20.0 Å². The van der Waals surface area contributed by atoms with Gasteiger partial charge in [0.15, 0.2) is 23.2 Å². The molecule has 3 N–H and O–H groups in total. The summed E-state index contributed by atoms with van der Waals surface area (Å²) in [5, 5.41) is 9.42. The maximum Gasteiger partial charge on any atom is 0.320 e. The molecule has 0 aliphatic carbocycles. The highest BCUT2D eigenvalue weighted by Gasteiger charge is 2.50. The number of methoxy groups -OCH3 is 1. The number of nitrogens with two attached hydrogens (primary N) is 1. The Morgan fingerprint density at radius 1 is 1.41 bits per heavy atom. The topological polar surface area (TPSA) is 127 Å². The van der Waals surface area contributed by atoms with Crippen molar-refractivity contribution in [2.24, 2.45) is 0 Å². The molecule has 4 atom stereocenters. The molecule has 4 heterocycles. The van der Waals surface area contributed by atoms with Gasteiger partial charge >= 0.3 is 6.01 Å². The molecule has 0 spiro atoms. The molecule has 0 amide bonds. The molecule has 22 heavy (non-hydrogen) atoms. The highest BCUT2D eigenvalue weighted by Crippen LogP contribution is 2.38. The van der Waals surface area contributed by atoms with Gasteiger partial charge in [0, 0.05) is 0 Å². The highest BCUT2D eigenvalue weighted by molar-refractivity contribution is 5.82. The average Bonchev–Trinajstić information content (AvgIpc) is 3.20. The van der Waals surface area contributed by atoms with Crippen LogP contribution in [0.15, 0.2) is 6.33 Å². The Hall–Kier alpha value is -2.01. The molecule has 2 aliphatic rings. The summed E-state index contributed by atoms with van der Waals surface area (Å²) >= 11 is 0. The van der Waals surface area contributed by atoms with Crippen molar-refractivity contribution >= 4 is 17.0 Å². The maximum absolute atomic E-state index is 9.42. The van der Waals surface area contributed by atoms with Gasteiger partial charge in [-0.2, -0.15) is 9.97 Å². The van der Waals surface area contributed by atoms with E-state index in [-0.39, 0.29) is 37.4 Å². The van der Waals surface area contributed by atoms with E-state index in [0.29, 0.717) is 11.2 Å². The summed E-state index contributed by atoms with van der Waals surface area (Å²) in [6.45, 7) is 0.00681. The van der Waals surface area contributed by atoms with E-state index in [9.17, 15) is 5.11 Å². The van der Waals surface area contributed by atoms with Gasteiger partial charge in [0.1, 0.15) is 25.1 Å². The Morgan fingerprint density at radius 2 is 2.23 bits per heavy atom. The molecular formula is C12H15N5O5. The number of aromatic nitrogens is 4. The van der Waals surface area contributed by atoms with Gasteiger partial charge in [-0.1, -0.05) is 0 Å². The van der Waals surface area contributed by atoms with E-state index < -0.39 is 12.3 Å². The summed E-state index contributed by atoms with van der Waals surface area (Å²) in [5.74, 6) is 0.220. The lowest BCUT2D eigenvalue weighted by Crippen LogP contribution is -2.30. The fraction of sp³-hybridized carbons (Fsp3) is 0.583. The molecule has 2 aromatic rings. The van der Waals surface area contributed by atoms with E-state index >= 15 is 0 Å². The Bertz CT molecular complexity index is 707. The van der Waals surface area contributed by atoms with E-state index in [1.54, 1.807) is 10.9 Å². The maximum atomic E-state index is 9.42. The zero-order valence-corrected chi connectivity index (χ0v) is 11.7. The summed E-state index contributed by atoms with van der Waals surface area (Å²) in [6.07, 6.45) is -0.104. The van der Waals surface area contributed by atoms with Crippen LogP contribution in [0, 0.1) is 0 Å². The number of aliphatic hydroxyl groups excluding tert-OH is 1. The van der Waals surface area contributed by atoms with Gasteiger partial charge in [-0.05, 0) is 0 Å². The minimum absolute atomic E-state index is 0.142. The third-order valence-corrected chi connectivity index (χ3v) is 3.87. The van der Waals surface area contributed by atoms with Crippen molar-refractivity contribution < 1.29 is 24.1 Å². The predicted octanol–water partition coefficient (Wildman–Crippen LogP) is -0.952. The minimum atomic E-state index is -0.520. The van der Waals surface area contributed by atoms with Gasteiger partial charge in [-0.25, -0.2) is 4.98 Å². The SMILES string of the molecule is COc1nc(N)c2ncn([C@@H]3O[C@H](CO)[C@H]4OCO[C@H]43)c2n1. The Labute approximate surface area is 124 Å². The normalized spacial score (nSPS) is 30.8. The van der Waals surface area contributed by atoms with Crippen LogP contribution in [0.25, 0.3) is 11.2 Å². The molecule has 10 heteroatoms. The van der Waals surface area contributed by atoms with E-state index in [1.165, 1.54) is 7.11 Å². The second-order valence-corrected chi connectivity index (χ2v) is 5.05. The standard InChI is InChI=1S/C12H15N5O5/c1-19-12-15-9(13)6-10(16-12)17(3-14-6)11-8-7(20-4-21-8)5(2-18)22-11/h3,5,7-8,11,18H,2,4H2,1H3,(H2,13,15,16)/t5-,7-,8-,11-/m1/s1. The van der Waals surface area contributed by atoms with Crippen LogP contribution in [0.1, 0.15) is 6.23 Å². The first-order chi connectivity index (χ1) is 10.7. The number of anilines is 1. The summed E-state index contributed by atoms with van der Waals surface area (Å²) in [4.78, 5) is 12.5. The van der Waals surface area contributed by atoms with Crippen LogP contribution in [-0.2, 0) is 14.2 Å². The number of ether oxygens (including phenoxy) is 4. The molecule has 2 fully saturated rings. The van der Waals surface area contributed by atoms with Gasteiger partial charge in [-0.15, -0.1) is 0 Å². The van der Waals surface area contributed by atoms with Gasteiger partial charge in [0.25, 0.3) is 0 Å². The first-order valence-electron chi connectivity index (χ1n) is 6.76. The van der Waals surface area contributed by atoms with Crippen molar-refractivity contribution in [3.05, 3.63) is 6.33 Å². The number of nitrogens with zero attached hydrogens (tertiary/aromatic N) is 4. The van der Waals surface area contributed by atoms with Crippen molar-refractivity contribution in [2.45, 2.75) is 24.5 Å². The Morgan fingerprint density at radius 3 is 3.00 bits per heavy atom. The van der Waals surface area contributed by atoms with Crippen LogP contribution >= 0.6 is 0 Å². The van der Waals surface area contributed by atoms with E-state index in [4.69, 9.17) is 24.7 Å². The lowest BCUT2D eigenvalue weighted by atomic mass is 10.1. The average molecular weight is 309 g/mol. The molecule has 2 saturated heterocycles. The number of aliphatic hydroxyl groups is 1. The Kier molecular flexibility index (Phi) is 3.11. The molecular weight excluding hydrogens is 294 g/mol. The molecule has 4 rings (SSSR count). The predicted molar refractivity (Wildman–Crippen MR) is 71.9 cm³/mol. The summed E-state index contributed by atoms with van der Waals surface area (Å²) < 4.78 is 23.6. The molecule has 118 valence electrons. The number of nitrogen functional groups attached to an aromatic ring is 1. The first-order valence-corrected chi connectivity index (χ1v) is 6.76.